The highest BCUT2D eigenvalue weighted by molar-refractivity contribution is 6.14. The van der Waals surface area contributed by atoms with Crippen LogP contribution in [-0.4, -0.2) is 47.3 Å². The van der Waals surface area contributed by atoms with Crippen molar-refractivity contribution in [3.63, 3.8) is 0 Å². The summed E-state index contributed by atoms with van der Waals surface area (Å²) in [5, 5.41) is 8.61. The van der Waals surface area contributed by atoms with Gasteiger partial charge in [0.2, 0.25) is 0 Å². The third kappa shape index (κ3) is 19.5. The lowest BCUT2D eigenvalue weighted by molar-refractivity contribution is -0.144. The van der Waals surface area contributed by atoms with Crippen molar-refractivity contribution in [2.75, 3.05) is 7.11 Å². The van der Waals surface area contributed by atoms with Crippen LogP contribution in [0.15, 0.2) is 96.1 Å². The number of halogens is 12. The van der Waals surface area contributed by atoms with Gasteiger partial charge in [-0.2, -0.15) is 52.7 Å². The van der Waals surface area contributed by atoms with Crippen LogP contribution in [0.1, 0.15) is 166 Å². The Morgan fingerprint density at radius 2 is 0.797 bits per heavy atom. The molecule has 0 unspecified atom stereocenters. The molecule has 0 spiro atoms. The molecule has 0 fully saturated rings. The van der Waals surface area contributed by atoms with Gasteiger partial charge in [-0.3, -0.25) is 28.8 Å². The number of esters is 1. The fraction of sp³-hybridized carbons (Fsp3) is 0.356. The molecule has 0 bridgehead atoms. The van der Waals surface area contributed by atoms with Crippen molar-refractivity contribution < 1.29 is 91.3 Å². The van der Waals surface area contributed by atoms with Crippen LogP contribution in [0.4, 0.5) is 52.7 Å². The van der Waals surface area contributed by atoms with Crippen molar-refractivity contribution in [3.8, 4) is 0 Å². The molecule has 6 rings (SSSR count). The minimum Gasteiger partial charge on any atom is -0.481 e. The van der Waals surface area contributed by atoms with Gasteiger partial charge in [0.1, 0.15) is 0 Å². The largest absolute Gasteiger partial charge is 0.481 e. The van der Waals surface area contributed by atoms with Gasteiger partial charge >= 0.3 is 36.6 Å². The predicted octanol–water partition coefficient (Wildman–Crippen LogP) is 16.0. The highest BCUT2D eigenvalue weighted by Crippen LogP contribution is 2.40. The monoisotopic (exact) mass is 1120 g/mol. The molecule has 1 N–H and O–H groups in total. The van der Waals surface area contributed by atoms with Gasteiger partial charge in [-0.15, -0.1) is 0 Å². The van der Waals surface area contributed by atoms with Crippen LogP contribution in [0.25, 0.3) is 24.3 Å². The molecule has 4 aromatic carbocycles. The summed E-state index contributed by atoms with van der Waals surface area (Å²) in [6.45, 7) is 0. The zero-order chi connectivity index (χ0) is 58.3. The van der Waals surface area contributed by atoms with Gasteiger partial charge in [-0.1, -0.05) is 74.2 Å². The molecule has 422 valence electrons. The van der Waals surface area contributed by atoms with Crippen molar-refractivity contribution in [1.29, 1.82) is 0 Å². The van der Waals surface area contributed by atoms with E-state index in [0.29, 0.717) is 115 Å². The Bertz CT molecular complexity index is 2960. The van der Waals surface area contributed by atoms with E-state index in [1.807, 2.05) is 0 Å². The Balaban J connectivity index is 0.000000291. The second-order valence-electron chi connectivity index (χ2n) is 18.9. The predicted molar refractivity (Wildman–Crippen MR) is 270 cm³/mol. The first kappa shape index (κ1) is 62.5. The van der Waals surface area contributed by atoms with Crippen molar-refractivity contribution in [2.45, 2.75) is 127 Å². The van der Waals surface area contributed by atoms with Crippen molar-refractivity contribution >= 4 is 59.4 Å². The third-order valence-corrected chi connectivity index (χ3v) is 12.8. The molecule has 0 saturated carbocycles. The van der Waals surface area contributed by atoms with E-state index in [2.05, 4.69) is 4.74 Å². The number of carbonyl (C=O) groups excluding carboxylic acids is 5. The van der Waals surface area contributed by atoms with E-state index in [0.717, 1.165) is 37.8 Å². The molecule has 0 heterocycles. The summed E-state index contributed by atoms with van der Waals surface area (Å²) in [5.74, 6) is -2.20. The Morgan fingerprint density at radius 1 is 0.456 bits per heavy atom. The number of aryl methyl sites for hydroxylation is 2. The second-order valence-corrected chi connectivity index (χ2v) is 18.9. The van der Waals surface area contributed by atoms with Crippen molar-refractivity contribution in [2.24, 2.45) is 0 Å². The highest BCUT2D eigenvalue weighted by Gasteiger charge is 2.38. The number of fused-ring (bicyclic) bond motifs is 2. The molecule has 0 aliphatic heterocycles. The Hall–Kier alpha value is -7.38. The SMILES string of the molecule is COC(=O)CCCCCCC(=O)/C=C/c1ccc2c(c1)CC/C(=C\c1cc(C(F)(F)F)cc(C(F)(F)F)c1)C2=O.O=C(O)CCCCCCC(=O)/C=C/c1ccc2c(c1)CC/C(=C\c1cc(C(F)(F)F)cc(C(F)(F)F)c1)C2=O. The van der Waals surface area contributed by atoms with Crippen LogP contribution in [0.5, 0.6) is 0 Å². The van der Waals surface area contributed by atoms with E-state index in [9.17, 15) is 81.5 Å². The smallest absolute Gasteiger partial charge is 0.416 e. The maximum atomic E-state index is 13.2. The highest BCUT2D eigenvalue weighted by atomic mass is 19.4. The average Bonchev–Trinajstić information content (AvgIpc) is 3.38. The molecule has 4 aromatic rings. The number of aliphatic carboxylic acids is 1. The van der Waals surface area contributed by atoms with E-state index in [-0.39, 0.29) is 71.2 Å². The van der Waals surface area contributed by atoms with Crippen molar-refractivity contribution in [1.82, 2.24) is 0 Å². The minimum absolute atomic E-state index is 0.0439. The minimum atomic E-state index is -4.98. The normalized spacial score (nSPS) is 15.1. The maximum absolute atomic E-state index is 13.2. The first-order valence-electron chi connectivity index (χ1n) is 25.1. The number of ketones is 4. The Kier molecular flexibility index (Phi) is 21.7. The van der Waals surface area contributed by atoms with Gasteiger partial charge in [-0.25, -0.2) is 0 Å². The second kappa shape index (κ2) is 27.5. The van der Waals surface area contributed by atoms with E-state index in [1.54, 1.807) is 42.5 Å². The standard InChI is InChI=1S/C30H28F6O4.C29H26F6O4/c1-40-27(38)7-5-3-2-4-6-25(37)12-8-19-9-13-26-21(14-19)10-11-22(28(26)39)15-20-16-23(29(31,32)33)18-24(17-20)30(34,35)36;30-28(31,32)22-15-19(16-23(17-22)29(33,34)35)14-21-10-9-20-13-18(8-12-25(20)27(21)39)7-11-24(36)5-3-1-2-4-6-26(37)38/h8-9,12-18H,2-7,10-11H2,1H3;7-8,11-17H,1-6,9-10H2,(H,37,38)/b12-8+,22-15+;11-7+,21-14+. The van der Waals surface area contributed by atoms with Gasteiger partial charge in [0.15, 0.2) is 23.1 Å². The molecule has 2 aliphatic carbocycles. The molecule has 0 saturated heterocycles. The van der Waals surface area contributed by atoms with E-state index < -0.39 is 64.5 Å². The number of allylic oxidation sites excluding steroid dienone is 4. The Morgan fingerprint density at radius 3 is 1.13 bits per heavy atom. The lowest BCUT2D eigenvalue weighted by Gasteiger charge is -2.19. The van der Waals surface area contributed by atoms with Gasteiger partial charge in [0, 0.05) is 48.0 Å². The van der Waals surface area contributed by atoms with E-state index >= 15 is 0 Å². The molecule has 8 nitrogen and oxygen atoms in total. The molecule has 0 atom stereocenters. The van der Waals surface area contributed by atoms with E-state index in [1.165, 1.54) is 25.3 Å². The van der Waals surface area contributed by atoms with Crippen LogP contribution in [0.2, 0.25) is 0 Å². The number of rotatable bonds is 20. The van der Waals surface area contributed by atoms with Crippen LogP contribution in [0.3, 0.4) is 0 Å². The third-order valence-electron chi connectivity index (χ3n) is 12.8. The number of hydrogen-bond donors (Lipinski definition) is 1. The van der Waals surface area contributed by atoms with Gasteiger partial charge < -0.3 is 9.84 Å². The van der Waals surface area contributed by atoms with Gasteiger partial charge in [0.25, 0.3) is 0 Å². The Labute approximate surface area is 446 Å². The topological polar surface area (TPSA) is 132 Å². The fourth-order valence-electron chi connectivity index (χ4n) is 8.70. The number of hydrogen-bond acceptors (Lipinski definition) is 7. The summed E-state index contributed by atoms with van der Waals surface area (Å²) in [6, 6.07) is 12.3. The zero-order valence-corrected chi connectivity index (χ0v) is 42.5. The van der Waals surface area contributed by atoms with Gasteiger partial charge in [-0.05, 0) is 145 Å². The molecule has 0 aromatic heterocycles. The average molecular weight is 1120 g/mol. The number of ether oxygens (including phenoxy) is 1. The molecule has 0 radical (unpaired) electrons. The maximum Gasteiger partial charge on any atom is 0.416 e. The molecule has 79 heavy (non-hydrogen) atoms. The summed E-state index contributed by atoms with van der Waals surface area (Å²) in [7, 11) is 1.34. The first-order valence-corrected chi connectivity index (χ1v) is 25.1. The fourth-order valence-corrected chi connectivity index (χ4v) is 8.70. The number of benzene rings is 4. The quantitative estimate of drug-likeness (QED) is 0.0401. The molecule has 0 amide bonds. The summed E-state index contributed by atoms with van der Waals surface area (Å²) in [4.78, 5) is 71.8. The number of Topliss-reactive ketones (excluding diaryl/α,β-unsaturated/α-hetero) is 2. The number of unbranched alkanes of at least 4 members (excludes halogenated alkanes) is 6. The summed E-state index contributed by atoms with van der Waals surface area (Å²) in [6.07, 6.45) is -3.77. The van der Waals surface area contributed by atoms with Crippen LogP contribution >= 0.6 is 0 Å². The lowest BCUT2D eigenvalue weighted by Crippen LogP contribution is -2.15. The van der Waals surface area contributed by atoms with Crippen LogP contribution in [0, 0.1) is 0 Å². The first-order chi connectivity index (χ1) is 37.0. The van der Waals surface area contributed by atoms with Gasteiger partial charge in [0.05, 0.1) is 29.4 Å². The lowest BCUT2D eigenvalue weighted by atomic mass is 9.85. The number of carbonyl (C=O) groups is 6. The number of carboxylic acids is 1. The van der Waals surface area contributed by atoms with Crippen LogP contribution < -0.4 is 0 Å². The zero-order valence-electron chi connectivity index (χ0n) is 42.5. The van der Waals surface area contributed by atoms with E-state index in [4.69, 9.17) is 5.11 Å². The molecular weight excluding hydrogens is 1060 g/mol. The summed E-state index contributed by atoms with van der Waals surface area (Å²) in [5.41, 5.74) is -2.92. The number of methoxy groups -OCH3 is 1. The van der Waals surface area contributed by atoms with Crippen molar-refractivity contribution in [3.05, 3.63) is 163 Å². The molecule has 20 heteroatoms. The molecule has 2 aliphatic rings. The van der Waals surface area contributed by atoms with Crippen LogP contribution in [-0.2, 0) is 61.5 Å². The number of carboxylic acid groups (broad SMARTS) is 1. The summed E-state index contributed by atoms with van der Waals surface area (Å²) >= 11 is 0. The number of alkyl halides is 12. The summed E-state index contributed by atoms with van der Waals surface area (Å²) < 4.78 is 163. The molecular formula is C59H54F12O8.